The van der Waals surface area contributed by atoms with Crippen molar-refractivity contribution in [3.63, 3.8) is 0 Å². The van der Waals surface area contributed by atoms with Crippen molar-refractivity contribution < 1.29 is 4.42 Å². The average molecular weight is 826 g/mol. The molecule has 1 aromatic heterocycles. The highest BCUT2D eigenvalue weighted by atomic mass is 16.3. The second-order valence-electron chi connectivity index (χ2n) is 17.5. The Balaban J connectivity index is 1.01. The first kappa shape index (κ1) is 36.1. The minimum absolute atomic E-state index is 0.458. The van der Waals surface area contributed by atoms with Crippen molar-refractivity contribution in [2.24, 2.45) is 0 Å². The third kappa shape index (κ3) is 5.11. The average Bonchev–Trinajstić information content (AvgIpc) is 3.99. The summed E-state index contributed by atoms with van der Waals surface area (Å²) in [6.07, 6.45) is 0. The Morgan fingerprint density at radius 1 is 0.308 bits per heavy atom. The van der Waals surface area contributed by atoms with Gasteiger partial charge in [0.1, 0.15) is 11.2 Å². The van der Waals surface area contributed by atoms with Gasteiger partial charge in [-0.1, -0.05) is 188 Å². The lowest BCUT2D eigenvalue weighted by Gasteiger charge is -2.32. The Labute approximate surface area is 376 Å². The van der Waals surface area contributed by atoms with Crippen LogP contribution in [0.2, 0.25) is 0 Å². The Kier molecular flexibility index (Phi) is 7.64. The molecule has 0 saturated carbocycles. The molecule has 0 atom stereocenters. The lowest BCUT2D eigenvalue weighted by molar-refractivity contribution is 0.670. The van der Waals surface area contributed by atoms with E-state index in [2.05, 4.69) is 241 Å². The smallest absolute Gasteiger partial charge is 0.143 e. The van der Waals surface area contributed by atoms with Gasteiger partial charge in [0.05, 0.1) is 5.41 Å². The van der Waals surface area contributed by atoms with Crippen molar-refractivity contribution in [3.8, 4) is 44.5 Å². The molecule has 0 radical (unpaired) electrons. The fourth-order valence-electron chi connectivity index (χ4n) is 11.5. The molecule has 0 N–H and O–H groups in total. The molecule has 11 aromatic carbocycles. The van der Waals surface area contributed by atoms with E-state index in [9.17, 15) is 0 Å². The van der Waals surface area contributed by atoms with Crippen molar-refractivity contribution in [1.29, 1.82) is 0 Å². The normalized spacial score (nSPS) is 13.0. The molecule has 1 spiro atoms. The number of nitrogens with zero attached hydrogens (tertiary/aromatic N) is 1. The van der Waals surface area contributed by atoms with E-state index in [1.54, 1.807) is 0 Å². The van der Waals surface area contributed by atoms with E-state index in [-0.39, 0.29) is 0 Å². The van der Waals surface area contributed by atoms with Crippen LogP contribution in [0.15, 0.2) is 241 Å². The summed E-state index contributed by atoms with van der Waals surface area (Å²) in [4.78, 5) is 2.41. The van der Waals surface area contributed by atoms with Crippen molar-refractivity contribution in [2.75, 3.05) is 4.90 Å². The van der Waals surface area contributed by atoms with E-state index in [1.165, 1.54) is 82.7 Å². The molecule has 2 heteroatoms. The molecule has 0 bridgehead atoms. The standard InChI is InChI=1S/C63H39NO/c1-2-15-40(16-3-1)41-29-31-44(32-30-41)64(45-33-35-52-51-24-10-13-28-58(51)63(59(52)38-45)56-26-11-8-22-49(56)50-23-9-12-27-57(50)63)46-34-36-53-55-37-43-18-5-7-21-48(43)61(62(55)65-60(53)39-46)54-25-14-19-42-17-4-6-20-47(42)54/h1-39H. The van der Waals surface area contributed by atoms with Crippen molar-refractivity contribution in [1.82, 2.24) is 0 Å². The third-order valence-electron chi connectivity index (χ3n) is 14.3. The number of rotatable bonds is 5. The van der Waals surface area contributed by atoms with Crippen LogP contribution in [0.25, 0.3) is 88.0 Å². The molecule has 2 aliphatic rings. The van der Waals surface area contributed by atoms with Gasteiger partial charge in [0, 0.05) is 39.5 Å². The van der Waals surface area contributed by atoms with Gasteiger partial charge in [-0.25, -0.2) is 0 Å². The molecule has 0 fully saturated rings. The van der Waals surface area contributed by atoms with Gasteiger partial charge in [0.2, 0.25) is 0 Å². The summed E-state index contributed by atoms with van der Waals surface area (Å²) in [6.45, 7) is 0. The van der Waals surface area contributed by atoms with Gasteiger partial charge >= 0.3 is 0 Å². The summed E-state index contributed by atoms with van der Waals surface area (Å²) in [5.41, 5.74) is 19.6. The number of anilines is 3. The van der Waals surface area contributed by atoms with E-state index < -0.39 is 5.41 Å². The van der Waals surface area contributed by atoms with Gasteiger partial charge in [0.15, 0.2) is 0 Å². The highest BCUT2D eigenvalue weighted by molar-refractivity contribution is 6.21. The predicted molar refractivity (Wildman–Crippen MR) is 271 cm³/mol. The first-order chi connectivity index (χ1) is 32.2. The van der Waals surface area contributed by atoms with E-state index >= 15 is 0 Å². The van der Waals surface area contributed by atoms with Crippen LogP contribution >= 0.6 is 0 Å². The summed E-state index contributed by atoms with van der Waals surface area (Å²) in [5, 5.41) is 7.00. The lowest BCUT2D eigenvalue weighted by Crippen LogP contribution is -2.26. The molecule has 12 aromatic rings. The molecule has 2 aliphatic carbocycles. The maximum atomic E-state index is 7.18. The molecule has 1 heterocycles. The van der Waals surface area contributed by atoms with Crippen LogP contribution in [0.1, 0.15) is 22.3 Å². The maximum absolute atomic E-state index is 7.18. The molecule has 14 rings (SSSR count). The maximum Gasteiger partial charge on any atom is 0.143 e. The molecule has 302 valence electrons. The monoisotopic (exact) mass is 825 g/mol. The van der Waals surface area contributed by atoms with Crippen LogP contribution in [0.3, 0.4) is 0 Å². The zero-order chi connectivity index (χ0) is 42.6. The molecule has 2 nitrogen and oxygen atoms in total. The Bertz CT molecular complexity index is 3830. The Hall–Kier alpha value is -8.46. The van der Waals surface area contributed by atoms with Gasteiger partial charge in [-0.3, -0.25) is 0 Å². The predicted octanol–water partition coefficient (Wildman–Crippen LogP) is 17.0. The highest BCUT2D eigenvalue weighted by Crippen LogP contribution is 2.63. The SMILES string of the molecule is c1ccc(-c2ccc(N(c3ccc4c(c3)C3(c5ccccc5-c5ccccc53)c3ccccc3-4)c3ccc4c(c3)oc3c(-c5cccc6ccccc56)c5ccccc5cc34)cc2)cc1. The highest BCUT2D eigenvalue weighted by Gasteiger charge is 2.51. The molecule has 0 amide bonds. The number of fused-ring (bicyclic) bond motifs is 15. The molecule has 65 heavy (non-hydrogen) atoms. The van der Waals surface area contributed by atoms with E-state index in [0.717, 1.165) is 44.6 Å². The molecule has 0 aliphatic heterocycles. The summed E-state index contributed by atoms with van der Waals surface area (Å²) >= 11 is 0. The number of furan rings is 1. The first-order valence-corrected chi connectivity index (χ1v) is 22.5. The fourth-order valence-corrected chi connectivity index (χ4v) is 11.5. The first-order valence-electron chi connectivity index (χ1n) is 22.5. The van der Waals surface area contributed by atoms with Crippen LogP contribution < -0.4 is 4.90 Å². The van der Waals surface area contributed by atoms with Gasteiger partial charge in [-0.15, -0.1) is 0 Å². The van der Waals surface area contributed by atoms with Crippen LogP contribution in [-0.4, -0.2) is 0 Å². The van der Waals surface area contributed by atoms with E-state index in [4.69, 9.17) is 4.42 Å². The number of hydrogen-bond acceptors (Lipinski definition) is 2. The summed E-state index contributed by atoms with van der Waals surface area (Å²) in [6, 6.07) is 86.9. The quantitative estimate of drug-likeness (QED) is 0.172. The second kappa shape index (κ2) is 13.8. The Morgan fingerprint density at radius 2 is 0.831 bits per heavy atom. The zero-order valence-electron chi connectivity index (χ0n) is 35.4. The number of benzene rings is 11. The molecular formula is C63H39NO. The number of hydrogen-bond donors (Lipinski definition) is 0. The van der Waals surface area contributed by atoms with Crippen molar-refractivity contribution in [3.05, 3.63) is 259 Å². The molecular weight excluding hydrogens is 787 g/mol. The van der Waals surface area contributed by atoms with E-state index in [0.29, 0.717) is 0 Å². The molecule has 0 unspecified atom stereocenters. The Morgan fingerprint density at radius 3 is 1.55 bits per heavy atom. The van der Waals surface area contributed by atoms with Gasteiger partial charge in [0.25, 0.3) is 0 Å². The van der Waals surface area contributed by atoms with E-state index in [1.807, 2.05) is 0 Å². The minimum atomic E-state index is -0.458. The molecule has 0 saturated heterocycles. The van der Waals surface area contributed by atoms with Gasteiger partial charge in [-0.2, -0.15) is 0 Å². The largest absolute Gasteiger partial charge is 0.455 e. The van der Waals surface area contributed by atoms with Gasteiger partial charge < -0.3 is 9.32 Å². The summed E-state index contributed by atoms with van der Waals surface area (Å²) in [5.74, 6) is 0. The minimum Gasteiger partial charge on any atom is -0.455 e. The second-order valence-corrected chi connectivity index (χ2v) is 17.5. The third-order valence-corrected chi connectivity index (χ3v) is 14.3. The zero-order valence-corrected chi connectivity index (χ0v) is 35.4. The van der Waals surface area contributed by atoms with Crippen LogP contribution in [0.4, 0.5) is 17.1 Å². The van der Waals surface area contributed by atoms with Crippen molar-refractivity contribution >= 4 is 60.5 Å². The van der Waals surface area contributed by atoms with Gasteiger partial charge in [-0.05, 0) is 125 Å². The summed E-state index contributed by atoms with van der Waals surface area (Å²) < 4.78 is 7.18. The van der Waals surface area contributed by atoms with Crippen LogP contribution in [0, 0.1) is 0 Å². The fraction of sp³-hybridized carbons (Fsp3) is 0.0159. The van der Waals surface area contributed by atoms with Crippen LogP contribution in [0.5, 0.6) is 0 Å². The summed E-state index contributed by atoms with van der Waals surface area (Å²) in [7, 11) is 0. The lowest BCUT2D eigenvalue weighted by atomic mass is 9.70. The topological polar surface area (TPSA) is 16.4 Å². The van der Waals surface area contributed by atoms with Crippen LogP contribution in [-0.2, 0) is 5.41 Å². The van der Waals surface area contributed by atoms with Crippen molar-refractivity contribution in [2.45, 2.75) is 5.41 Å².